The van der Waals surface area contributed by atoms with Crippen molar-refractivity contribution < 1.29 is 0 Å². The summed E-state index contributed by atoms with van der Waals surface area (Å²) in [6, 6.07) is 3.47. The zero-order valence-corrected chi connectivity index (χ0v) is 12.2. The molecule has 1 N–H and O–H groups in total. The predicted molar refractivity (Wildman–Crippen MR) is 77.1 cm³/mol. The molecule has 0 aliphatic rings. The molecule has 2 rings (SSSR count). The Morgan fingerprint density at radius 1 is 1.42 bits per heavy atom. The minimum atomic E-state index is -0.0350. The van der Waals surface area contributed by atoms with Gasteiger partial charge in [-0.2, -0.15) is 0 Å². The van der Waals surface area contributed by atoms with E-state index in [0.717, 1.165) is 28.7 Å². The number of pyridine rings is 1. The largest absolute Gasteiger partial charge is 0.319 e. The molecule has 102 valence electrons. The van der Waals surface area contributed by atoms with Crippen LogP contribution in [0.15, 0.2) is 23.1 Å². The lowest BCUT2D eigenvalue weighted by molar-refractivity contribution is 0.550. The Balaban J connectivity index is 2.07. The summed E-state index contributed by atoms with van der Waals surface area (Å²) in [7, 11) is 1.73. The minimum absolute atomic E-state index is 0.0350. The monoisotopic (exact) mass is 278 g/mol. The fourth-order valence-electron chi connectivity index (χ4n) is 1.59. The molecule has 0 saturated carbocycles. The third kappa shape index (κ3) is 3.71. The highest BCUT2D eigenvalue weighted by molar-refractivity contribution is 7.14. The van der Waals surface area contributed by atoms with E-state index in [-0.39, 0.29) is 5.56 Å². The van der Waals surface area contributed by atoms with Crippen LogP contribution in [0.3, 0.4) is 0 Å². The van der Waals surface area contributed by atoms with Crippen molar-refractivity contribution in [3.63, 3.8) is 0 Å². The van der Waals surface area contributed by atoms with Gasteiger partial charge in [0.25, 0.3) is 5.56 Å². The highest BCUT2D eigenvalue weighted by Crippen LogP contribution is 2.21. The highest BCUT2D eigenvalue weighted by Gasteiger charge is 2.07. The van der Waals surface area contributed by atoms with Crippen LogP contribution in [-0.2, 0) is 13.6 Å². The molecule has 0 saturated heterocycles. The van der Waals surface area contributed by atoms with Gasteiger partial charge in [0.05, 0.1) is 0 Å². The molecule has 0 aliphatic carbocycles. The number of rotatable bonds is 5. The van der Waals surface area contributed by atoms with Crippen molar-refractivity contribution in [3.8, 4) is 10.6 Å². The molecule has 19 heavy (non-hydrogen) atoms. The van der Waals surface area contributed by atoms with E-state index >= 15 is 0 Å². The first-order valence-corrected chi connectivity index (χ1v) is 7.08. The van der Waals surface area contributed by atoms with Crippen molar-refractivity contribution in [1.82, 2.24) is 20.1 Å². The van der Waals surface area contributed by atoms with Crippen molar-refractivity contribution in [2.24, 2.45) is 13.0 Å². The maximum absolute atomic E-state index is 11.6. The number of nitrogens with one attached hydrogen (secondary N) is 1. The Morgan fingerprint density at radius 2 is 2.21 bits per heavy atom. The van der Waals surface area contributed by atoms with Crippen LogP contribution in [0.2, 0.25) is 0 Å². The van der Waals surface area contributed by atoms with Gasteiger partial charge in [-0.1, -0.05) is 25.2 Å². The summed E-state index contributed by atoms with van der Waals surface area (Å²) in [4.78, 5) is 11.6. The summed E-state index contributed by atoms with van der Waals surface area (Å²) in [5, 5.41) is 13.3. The highest BCUT2D eigenvalue weighted by atomic mass is 32.1. The number of aromatic nitrogens is 3. The summed E-state index contributed by atoms with van der Waals surface area (Å²) < 4.78 is 1.54. The van der Waals surface area contributed by atoms with Crippen molar-refractivity contribution in [2.75, 3.05) is 6.54 Å². The second-order valence-electron chi connectivity index (χ2n) is 4.89. The minimum Gasteiger partial charge on any atom is -0.319 e. The molecule has 0 fully saturated rings. The Hall–Kier alpha value is -1.53. The summed E-state index contributed by atoms with van der Waals surface area (Å²) in [6.07, 6.45) is 1.75. The van der Waals surface area contributed by atoms with Gasteiger partial charge < -0.3 is 9.88 Å². The van der Waals surface area contributed by atoms with Crippen LogP contribution in [0, 0.1) is 5.92 Å². The van der Waals surface area contributed by atoms with E-state index < -0.39 is 0 Å². The topological polar surface area (TPSA) is 59.8 Å². The molecule has 6 heteroatoms. The predicted octanol–water partition coefficient (Wildman–Crippen LogP) is 1.65. The fraction of sp³-hybridized carbons (Fsp3) is 0.462. The molecule has 0 amide bonds. The molecule has 0 bridgehead atoms. The van der Waals surface area contributed by atoms with Gasteiger partial charge in [0.2, 0.25) is 0 Å². The lowest BCUT2D eigenvalue weighted by atomic mass is 10.2. The van der Waals surface area contributed by atoms with E-state index in [2.05, 4.69) is 29.4 Å². The molecular formula is C13H18N4OS. The number of nitrogens with zero attached hydrogens (tertiary/aromatic N) is 3. The van der Waals surface area contributed by atoms with Crippen LogP contribution in [0.5, 0.6) is 0 Å². The van der Waals surface area contributed by atoms with Crippen LogP contribution < -0.4 is 10.9 Å². The molecule has 2 aromatic heterocycles. The molecule has 0 radical (unpaired) electrons. The van der Waals surface area contributed by atoms with Gasteiger partial charge in [0, 0.05) is 31.4 Å². The quantitative estimate of drug-likeness (QED) is 0.903. The van der Waals surface area contributed by atoms with Gasteiger partial charge in [-0.3, -0.25) is 4.79 Å². The SMILES string of the molecule is CC(C)CNCc1nnc(-c2ccn(C)c(=O)c2)s1. The van der Waals surface area contributed by atoms with Gasteiger partial charge >= 0.3 is 0 Å². The first-order chi connectivity index (χ1) is 9.06. The van der Waals surface area contributed by atoms with Crippen LogP contribution in [0.25, 0.3) is 10.6 Å². The molecule has 2 aromatic rings. The fourth-order valence-corrected chi connectivity index (χ4v) is 2.40. The third-order valence-corrected chi connectivity index (χ3v) is 3.62. The molecule has 0 spiro atoms. The van der Waals surface area contributed by atoms with E-state index in [4.69, 9.17) is 0 Å². The lowest BCUT2D eigenvalue weighted by Crippen LogP contribution is -2.18. The maximum Gasteiger partial charge on any atom is 0.250 e. The molecule has 0 aromatic carbocycles. The van der Waals surface area contributed by atoms with E-state index in [1.54, 1.807) is 19.3 Å². The smallest absolute Gasteiger partial charge is 0.250 e. The summed E-state index contributed by atoms with van der Waals surface area (Å²) in [5.41, 5.74) is 0.794. The summed E-state index contributed by atoms with van der Waals surface area (Å²) in [6.45, 7) is 6.01. The first kappa shape index (κ1) is 13.9. The Labute approximate surface area is 116 Å². The van der Waals surface area contributed by atoms with Crippen LogP contribution in [0.1, 0.15) is 18.9 Å². The first-order valence-electron chi connectivity index (χ1n) is 6.26. The molecule has 2 heterocycles. The molecule has 0 aliphatic heterocycles. The average molecular weight is 278 g/mol. The molecule has 5 nitrogen and oxygen atoms in total. The van der Waals surface area contributed by atoms with Gasteiger partial charge in [-0.05, 0) is 18.5 Å². The standard InChI is InChI=1S/C13H18N4OS/c1-9(2)7-14-8-11-15-16-13(19-11)10-4-5-17(3)12(18)6-10/h4-6,9,14H,7-8H2,1-3H3. The van der Waals surface area contributed by atoms with Crippen molar-refractivity contribution in [2.45, 2.75) is 20.4 Å². The molecular weight excluding hydrogens is 260 g/mol. The van der Waals surface area contributed by atoms with Gasteiger partial charge in [0.15, 0.2) is 0 Å². The summed E-state index contributed by atoms with van der Waals surface area (Å²) in [5.74, 6) is 0.615. The third-order valence-electron chi connectivity index (χ3n) is 2.65. The normalized spacial score (nSPS) is 11.2. The van der Waals surface area contributed by atoms with Gasteiger partial charge in [-0.15, -0.1) is 10.2 Å². The Bertz CT molecular complexity index is 603. The summed E-state index contributed by atoms with van der Waals surface area (Å²) >= 11 is 1.52. The van der Waals surface area contributed by atoms with Crippen molar-refractivity contribution in [1.29, 1.82) is 0 Å². The zero-order chi connectivity index (χ0) is 13.8. The Morgan fingerprint density at radius 3 is 2.89 bits per heavy atom. The van der Waals surface area contributed by atoms with Crippen LogP contribution in [-0.4, -0.2) is 21.3 Å². The number of aryl methyl sites for hydroxylation is 1. The second-order valence-corrected chi connectivity index (χ2v) is 5.95. The van der Waals surface area contributed by atoms with Crippen LogP contribution >= 0.6 is 11.3 Å². The van der Waals surface area contributed by atoms with Crippen molar-refractivity contribution >= 4 is 11.3 Å². The van der Waals surface area contributed by atoms with Gasteiger partial charge in [-0.25, -0.2) is 0 Å². The van der Waals surface area contributed by atoms with Crippen molar-refractivity contribution in [3.05, 3.63) is 33.7 Å². The average Bonchev–Trinajstić information content (AvgIpc) is 2.81. The van der Waals surface area contributed by atoms with E-state index in [1.807, 2.05) is 6.07 Å². The second kappa shape index (κ2) is 6.08. The number of hydrogen-bond acceptors (Lipinski definition) is 5. The van der Waals surface area contributed by atoms with Crippen LogP contribution in [0.4, 0.5) is 0 Å². The van der Waals surface area contributed by atoms with E-state index in [0.29, 0.717) is 5.92 Å². The number of hydrogen-bond donors (Lipinski definition) is 1. The molecule has 0 unspecified atom stereocenters. The maximum atomic E-state index is 11.6. The van der Waals surface area contributed by atoms with Gasteiger partial charge in [0.1, 0.15) is 10.0 Å². The lowest BCUT2D eigenvalue weighted by Gasteiger charge is -2.03. The van der Waals surface area contributed by atoms with E-state index in [1.165, 1.54) is 15.9 Å². The zero-order valence-electron chi connectivity index (χ0n) is 11.4. The Kier molecular flexibility index (Phi) is 4.44. The van der Waals surface area contributed by atoms with E-state index in [9.17, 15) is 4.79 Å². The molecule has 0 atom stereocenters.